The van der Waals surface area contributed by atoms with Gasteiger partial charge in [0.05, 0.1) is 6.61 Å². The van der Waals surface area contributed by atoms with Crippen LogP contribution in [0.1, 0.15) is 0 Å². The highest BCUT2D eigenvalue weighted by Crippen LogP contribution is 2.24. The van der Waals surface area contributed by atoms with Crippen LogP contribution in [0.2, 0.25) is 0 Å². The number of aliphatic hydroxyl groups excluding tert-OH is 1. The molecule has 0 bridgehead atoms. The SMILES string of the molecule is CN(CCO)S(=O)(=O)c1c(NN)nc2ccccn12. The minimum atomic E-state index is -3.80. The number of hydrazine groups is 1. The van der Waals surface area contributed by atoms with E-state index in [1.807, 2.05) is 0 Å². The molecule has 0 amide bonds. The molecule has 8 nitrogen and oxygen atoms in total. The van der Waals surface area contributed by atoms with Crippen LogP contribution in [-0.2, 0) is 10.0 Å². The Hall–Kier alpha value is -1.68. The molecule has 0 saturated carbocycles. The Balaban J connectivity index is 2.67. The predicted octanol–water partition coefficient (Wildman–Crippen LogP) is -0.767. The van der Waals surface area contributed by atoms with E-state index in [4.69, 9.17) is 10.9 Å². The zero-order valence-electron chi connectivity index (χ0n) is 10.3. The van der Waals surface area contributed by atoms with E-state index in [1.54, 1.807) is 24.4 Å². The molecule has 0 unspecified atom stereocenters. The lowest BCUT2D eigenvalue weighted by Crippen LogP contribution is -2.31. The van der Waals surface area contributed by atoms with Gasteiger partial charge in [-0.15, -0.1) is 0 Å². The van der Waals surface area contributed by atoms with Crippen LogP contribution in [0, 0.1) is 0 Å². The molecule has 2 aromatic rings. The van der Waals surface area contributed by atoms with Crippen LogP contribution in [0.25, 0.3) is 5.65 Å². The first-order valence-electron chi connectivity index (χ1n) is 5.53. The molecule has 2 rings (SSSR count). The first-order chi connectivity index (χ1) is 9.02. The van der Waals surface area contributed by atoms with Gasteiger partial charge in [0.25, 0.3) is 10.0 Å². The highest BCUT2D eigenvalue weighted by Gasteiger charge is 2.28. The summed E-state index contributed by atoms with van der Waals surface area (Å²) in [6.45, 7) is -0.274. The molecule has 0 atom stereocenters. The van der Waals surface area contributed by atoms with Crippen molar-refractivity contribution in [3.8, 4) is 0 Å². The number of hydrogen-bond acceptors (Lipinski definition) is 6. The number of hydrogen-bond donors (Lipinski definition) is 3. The minimum absolute atomic E-state index is 0.00753. The molecule has 0 aromatic carbocycles. The largest absolute Gasteiger partial charge is 0.395 e. The van der Waals surface area contributed by atoms with E-state index < -0.39 is 10.0 Å². The number of rotatable bonds is 5. The van der Waals surface area contributed by atoms with Crippen LogP contribution in [0.5, 0.6) is 0 Å². The van der Waals surface area contributed by atoms with Gasteiger partial charge in [-0.2, -0.15) is 4.31 Å². The number of imidazole rings is 1. The lowest BCUT2D eigenvalue weighted by atomic mass is 10.5. The second kappa shape index (κ2) is 5.13. The number of nitrogens with zero attached hydrogens (tertiary/aromatic N) is 3. The quantitative estimate of drug-likeness (QED) is 0.491. The molecular formula is C10H15N5O3S. The fraction of sp³-hybridized carbons (Fsp3) is 0.300. The van der Waals surface area contributed by atoms with Gasteiger partial charge >= 0.3 is 0 Å². The monoisotopic (exact) mass is 285 g/mol. The molecule has 0 fully saturated rings. The number of pyridine rings is 1. The van der Waals surface area contributed by atoms with E-state index in [2.05, 4.69) is 10.4 Å². The maximum absolute atomic E-state index is 12.4. The summed E-state index contributed by atoms with van der Waals surface area (Å²) < 4.78 is 27.3. The summed E-state index contributed by atoms with van der Waals surface area (Å²) in [5.41, 5.74) is 2.75. The maximum atomic E-state index is 12.4. The van der Waals surface area contributed by atoms with E-state index in [-0.39, 0.29) is 24.0 Å². The third kappa shape index (κ3) is 2.28. The zero-order valence-corrected chi connectivity index (χ0v) is 11.1. The highest BCUT2D eigenvalue weighted by molar-refractivity contribution is 7.89. The number of anilines is 1. The van der Waals surface area contributed by atoms with Crippen molar-refractivity contribution in [2.24, 2.45) is 5.84 Å². The fourth-order valence-corrected chi connectivity index (χ4v) is 3.09. The van der Waals surface area contributed by atoms with Gasteiger partial charge in [0, 0.05) is 19.8 Å². The maximum Gasteiger partial charge on any atom is 0.262 e. The van der Waals surface area contributed by atoms with Crippen molar-refractivity contribution in [3.05, 3.63) is 24.4 Å². The molecule has 0 radical (unpaired) electrons. The van der Waals surface area contributed by atoms with E-state index in [1.165, 1.54) is 11.4 Å². The van der Waals surface area contributed by atoms with Crippen LogP contribution in [-0.4, -0.2) is 47.4 Å². The normalized spacial score (nSPS) is 12.2. The Morgan fingerprint density at radius 2 is 2.26 bits per heavy atom. The Kier molecular flexibility index (Phi) is 3.71. The molecule has 0 saturated heterocycles. The van der Waals surface area contributed by atoms with E-state index in [0.717, 1.165) is 4.31 Å². The van der Waals surface area contributed by atoms with E-state index in [9.17, 15) is 8.42 Å². The lowest BCUT2D eigenvalue weighted by molar-refractivity contribution is 0.266. The molecule has 2 aromatic heterocycles. The molecule has 4 N–H and O–H groups in total. The number of nitrogen functional groups attached to an aromatic ring is 1. The van der Waals surface area contributed by atoms with E-state index in [0.29, 0.717) is 5.65 Å². The van der Waals surface area contributed by atoms with Crippen molar-refractivity contribution in [1.82, 2.24) is 13.7 Å². The van der Waals surface area contributed by atoms with Crippen LogP contribution in [0.15, 0.2) is 29.4 Å². The molecule has 0 spiro atoms. The first-order valence-corrected chi connectivity index (χ1v) is 6.97. The average molecular weight is 285 g/mol. The Labute approximate surface area is 110 Å². The summed E-state index contributed by atoms with van der Waals surface area (Å²) in [4.78, 5) is 4.10. The number of aliphatic hydroxyl groups is 1. The smallest absolute Gasteiger partial charge is 0.262 e. The van der Waals surface area contributed by atoms with Crippen molar-refractivity contribution in [1.29, 1.82) is 0 Å². The molecule has 104 valence electrons. The summed E-state index contributed by atoms with van der Waals surface area (Å²) in [5, 5.41) is 8.81. The summed E-state index contributed by atoms with van der Waals surface area (Å²) in [6, 6.07) is 5.11. The summed E-state index contributed by atoms with van der Waals surface area (Å²) in [5.74, 6) is 5.39. The second-order valence-electron chi connectivity index (χ2n) is 3.89. The predicted molar refractivity (Wildman–Crippen MR) is 69.9 cm³/mol. The molecule has 2 heterocycles. The third-order valence-electron chi connectivity index (χ3n) is 2.69. The van der Waals surface area contributed by atoms with Gasteiger partial charge < -0.3 is 10.5 Å². The molecule has 0 aliphatic heterocycles. The topological polar surface area (TPSA) is 113 Å². The standard InChI is InChI=1S/C10H15N5O3S/c1-14(6-7-16)19(17,18)10-9(13-11)12-8-4-2-3-5-15(8)10/h2-5,13,16H,6-7,11H2,1H3. The molecule has 9 heteroatoms. The fourth-order valence-electron chi connectivity index (χ4n) is 1.72. The van der Waals surface area contributed by atoms with Gasteiger partial charge in [0.15, 0.2) is 5.82 Å². The minimum Gasteiger partial charge on any atom is -0.395 e. The van der Waals surface area contributed by atoms with Crippen molar-refractivity contribution >= 4 is 21.5 Å². The van der Waals surface area contributed by atoms with Crippen molar-refractivity contribution in [2.75, 3.05) is 25.6 Å². The zero-order chi connectivity index (χ0) is 14.0. The van der Waals surface area contributed by atoms with Gasteiger partial charge in [0.1, 0.15) is 5.65 Å². The molecule has 0 aliphatic carbocycles. The van der Waals surface area contributed by atoms with Crippen LogP contribution >= 0.6 is 0 Å². The molecule has 19 heavy (non-hydrogen) atoms. The van der Waals surface area contributed by atoms with Crippen LogP contribution < -0.4 is 11.3 Å². The molecule has 0 aliphatic rings. The first kappa shape index (κ1) is 13.7. The number of fused-ring (bicyclic) bond motifs is 1. The van der Waals surface area contributed by atoms with Gasteiger partial charge in [0.2, 0.25) is 5.03 Å². The number of nitrogens with two attached hydrogens (primary N) is 1. The second-order valence-corrected chi connectivity index (χ2v) is 5.85. The molecular weight excluding hydrogens is 270 g/mol. The van der Waals surface area contributed by atoms with Crippen molar-refractivity contribution in [3.63, 3.8) is 0 Å². The van der Waals surface area contributed by atoms with Gasteiger partial charge in [-0.25, -0.2) is 19.2 Å². The summed E-state index contributed by atoms with van der Waals surface area (Å²) in [7, 11) is -2.41. The van der Waals surface area contributed by atoms with Crippen LogP contribution in [0.4, 0.5) is 5.82 Å². The number of sulfonamides is 1. The van der Waals surface area contributed by atoms with Gasteiger partial charge in [-0.3, -0.25) is 4.40 Å². The number of nitrogens with one attached hydrogen (secondary N) is 1. The highest BCUT2D eigenvalue weighted by atomic mass is 32.2. The lowest BCUT2D eigenvalue weighted by Gasteiger charge is -2.16. The van der Waals surface area contributed by atoms with Crippen LogP contribution in [0.3, 0.4) is 0 Å². The third-order valence-corrected chi connectivity index (χ3v) is 4.57. The van der Waals surface area contributed by atoms with Crippen molar-refractivity contribution in [2.45, 2.75) is 5.03 Å². The van der Waals surface area contributed by atoms with E-state index >= 15 is 0 Å². The Bertz CT molecular complexity index is 682. The summed E-state index contributed by atoms with van der Waals surface area (Å²) >= 11 is 0. The average Bonchev–Trinajstić information content (AvgIpc) is 2.77. The Morgan fingerprint density at radius 3 is 2.89 bits per heavy atom. The van der Waals surface area contributed by atoms with Gasteiger partial charge in [-0.1, -0.05) is 6.07 Å². The van der Waals surface area contributed by atoms with Crippen molar-refractivity contribution < 1.29 is 13.5 Å². The number of likely N-dealkylation sites (N-methyl/N-ethyl adjacent to an activating group) is 1. The Morgan fingerprint density at radius 1 is 1.53 bits per heavy atom. The van der Waals surface area contributed by atoms with Gasteiger partial charge in [-0.05, 0) is 12.1 Å². The number of aromatic nitrogens is 2. The summed E-state index contributed by atoms with van der Waals surface area (Å²) in [6.07, 6.45) is 1.59.